The van der Waals surface area contributed by atoms with Crippen molar-refractivity contribution in [3.63, 3.8) is 0 Å². The lowest BCUT2D eigenvalue weighted by Gasteiger charge is -2.29. The van der Waals surface area contributed by atoms with Gasteiger partial charge in [-0.3, -0.25) is 9.36 Å². The van der Waals surface area contributed by atoms with Gasteiger partial charge in [0, 0.05) is 17.0 Å². The minimum Gasteiger partial charge on any atom is -0.388 e. The van der Waals surface area contributed by atoms with E-state index in [0.29, 0.717) is 43.5 Å². The van der Waals surface area contributed by atoms with Gasteiger partial charge in [-0.2, -0.15) is 4.98 Å². The monoisotopic (exact) mass is 507 g/mol. The Morgan fingerprint density at radius 3 is 2.51 bits per heavy atom. The Hall–Kier alpha value is -3.09. The molecular formula is C22H24ClF2N7O3. The number of anilines is 3. The van der Waals surface area contributed by atoms with E-state index < -0.39 is 23.4 Å². The second-order valence-corrected chi connectivity index (χ2v) is 9.28. The van der Waals surface area contributed by atoms with Gasteiger partial charge in [-0.05, 0) is 37.8 Å². The third-order valence-corrected chi connectivity index (χ3v) is 6.72. The number of imidazole rings is 1. The van der Waals surface area contributed by atoms with Crippen LogP contribution in [0.3, 0.4) is 0 Å². The summed E-state index contributed by atoms with van der Waals surface area (Å²) in [7, 11) is 0. The zero-order chi connectivity index (χ0) is 24.7. The van der Waals surface area contributed by atoms with Crippen LogP contribution in [0.2, 0.25) is 5.02 Å². The summed E-state index contributed by atoms with van der Waals surface area (Å²) in [5.41, 5.74) is 5.94. The molecule has 3 aromatic rings. The van der Waals surface area contributed by atoms with Gasteiger partial charge in [0.1, 0.15) is 11.2 Å². The highest BCUT2D eigenvalue weighted by Crippen LogP contribution is 2.37. The fourth-order valence-electron chi connectivity index (χ4n) is 4.63. The molecule has 2 atom stereocenters. The molecule has 13 heteroatoms. The predicted molar refractivity (Wildman–Crippen MR) is 124 cm³/mol. The summed E-state index contributed by atoms with van der Waals surface area (Å²) in [5, 5.41) is 15.8. The average molecular weight is 508 g/mol. The van der Waals surface area contributed by atoms with Crippen LogP contribution in [0.5, 0.6) is 0 Å². The summed E-state index contributed by atoms with van der Waals surface area (Å²) >= 11 is 5.76. The largest absolute Gasteiger partial charge is 0.388 e. The standard InChI is InChI=1S/C22H24ClF2N7O3/c23-11-5-13(24)18(14(25)6-11)30-22-29-15-7-27-21(28-16-8-35-9-17(16)33)31-20(15)32(22)12-3-1-10(2-4-12)19(26)34/h5-7,10,12,16-17,33H,1-4,8-9H2,(H2,26,34)(H,29,30)(H,27,28,31)/t10?,12?,16-,17+/m0/s1. The van der Waals surface area contributed by atoms with Crippen molar-refractivity contribution in [2.75, 3.05) is 23.8 Å². The molecule has 1 amide bonds. The number of nitrogens with two attached hydrogens (primary N) is 1. The van der Waals surface area contributed by atoms with E-state index in [1.54, 1.807) is 4.57 Å². The van der Waals surface area contributed by atoms with Crippen LogP contribution in [-0.4, -0.2) is 55.9 Å². The number of hydrogen-bond donors (Lipinski definition) is 4. The number of aliphatic hydroxyl groups is 1. The molecule has 1 aliphatic heterocycles. The highest BCUT2D eigenvalue weighted by molar-refractivity contribution is 6.30. The third kappa shape index (κ3) is 4.73. The number of amides is 1. The van der Waals surface area contributed by atoms with E-state index in [1.165, 1.54) is 6.20 Å². The van der Waals surface area contributed by atoms with Crippen LogP contribution in [0, 0.1) is 17.6 Å². The average Bonchev–Trinajstić information content (AvgIpc) is 3.38. The second-order valence-electron chi connectivity index (χ2n) is 8.84. The Kier molecular flexibility index (Phi) is 6.43. The number of fused-ring (bicyclic) bond motifs is 1. The normalized spacial score (nSPS) is 24.6. The third-order valence-electron chi connectivity index (χ3n) is 6.51. The summed E-state index contributed by atoms with van der Waals surface area (Å²) in [6.07, 6.45) is 3.15. The second kappa shape index (κ2) is 9.51. The number of aromatic nitrogens is 4. The van der Waals surface area contributed by atoms with Crippen molar-refractivity contribution >= 4 is 46.3 Å². The fraction of sp³-hybridized carbons (Fsp3) is 0.455. The van der Waals surface area contributed by atoms with Crippen LogP contribution in [0.25, 0.3) is 11.2 Å². The van der Waals surface area contributed by atoms with E-state index >= 15 is 0 Å². The van der Waals surface area contributed by atoms with Crippen molar-refractivity contribution in [1.29, 1.82) is 0 Å². The lowest BCUT2D eigenvalue weighted by atomic mass is 9.85. The van der Waals surface area contributed by atoms with Gasteiger partial charge >= 0.3 is 0 Å². The van der Waals surface area contributed by atoms with E-state index in [9.17, 15) is 18.7 Å². The number of benzene rings is 1. The lowest BCUT2D eigenvalue weighted by molar-refractivity contribution is -0.122. The first-order chi connectivity index (χ1) is 16.8. The van der Waals surface area contributed by atoms with Gasteiger partial charge in [-0.15, -0.1) is 0 Å². The molecule has 1 saturated heterocycles. The molecule has 1 aromatic carbocycles. The van der Waals surface area contributed by atoms with Crippen LogP contribution < -0.4 is 16.4 Å². The number of aliphatic hydroxyl groups excluding tert-OH is 1. The fourth-order valence-corrected chi connectivity index (χ4v) is 4.82. The Balaban J connectivity index is 1.54. The minimum absolute atomic E-state index is 0.0662. The summed E-state index contributed by atoms with van der Waals surface area (Å²) in [6.45, 7) is 0.522. The molecule has 35 heavy (non-hydrogen) atoms. The van der Waals surface area contributed by atoms with Gasteiger partial charge in [0.25, 0.3) is 0 Å². The molecule has 1 aliphatic carbocycles. The summed E-state index contributed by atoms with van der Waals surface area (Å²) < 4.78 is 36.1. The molecule has 1 saturated carbocycles. The van der Waals surface area contributed by atoms with E-state index in [4.69, 9.17) is 22.1 Å². The Morgan fingerprint density at radius 1 is 1.17 bits per heavy atom. The van der Waals surface area contributed by atoms with E-state index in [0.717, 1.165) is 12.1 Å². The quantitative estimate of drug-likeness (QED) is 0.399. The number of nitrogens with zero attached hydrogens (tertiary/aromatic N) is 4. The summed E-state index contributed by atoms with van der Waals surface area (Å²) in [4.78, 5) is 25.0. The first kappa shape index (κ1) is 23.6. The number of ether oxygens (including phenoxy) is 1. The first-order valence-corrected chi connectivity index (χ1v) is 11.7. The van der Waals surface area contributed by atoms with Gasteiger partial charge in [-0.25, -0.2) is 18.7 Å². The zero-order valence-corrected chi connectivity index (χ0v) is 19.3. The molecule has 10 nitrogen and oxygen atoms in total. The smallest absolute Gasteiger partial charge is 0.225 e. The molecule has 2 fully saturated rings. The number of primary amides is 1. The Bertz CT molecular complexity index is 1240. The van der Waals surface area contributed by atoms with Crippen LogP contribution >= 0.6 is 11.6 Å². The number of hydrogen-bond acceptors (Lipinski definition) is 8. The van der Waals surface area contributed by atoms with Crippen molar-refractivity contribution in [3.8, 4) is 0 Å². The topological polar surface area (TPSA) is 140 Å². The van der Waals surface area contributed by atoms with Gasteiger partial charge in [-0.1, -0.05) is 11.6 Å². The number of halogens is 3. The molecule has 186 valence electrons. The summed E-state index contributed by atoms with van der Waals surface area (Å²) in [5.74, 6) is -1.86. The van der Waals surface area contributed by atoms with Crippen LogP contribution in [-0.2, 0) is 9.53 Å². The van der Waals surface area contributed by atoms with Crippen molar-refractivity contribution in [1.82, 2.24) is 19.5 Å². The van der Waals surface area contributed by atoms with Gasteiger partial charge in [0.2, 0.25) is 17.8 Å². The molecule has 0 bridgehead atoms. The molecule has 0 spiro atoms. The predicted octanol–water partition coefficient (Wildman–Crippen LogP) is 2.89. The Labute approximate surface area is 203 Å². The molecule has 0 unspecified atom stereocenters. The van der Waals surface area contributed by atoms with E-state index in [1.807, 2.05) is 0 Å². The number of rotatable bonds is 6. The highest BCUT2D eigenvalue weighted by atomic mass is 35.5. The first-order valence-electron chi connectivity index (χ1n) is 11.3. The molecule has 3 heterocycles. The lowest BCUT2D eigenvalue weighted by Crippen LogP contribution is -2.32. The number of nitrogens with one attached hydrogen (secondary N) is 2. The molecule has 2 aliphatic rings. The summed E-state index contributed by atoms with van der Waals surface area (Å²) in [6, 6.07) is 1.49. The maximum atomic E-state index is 14.5. The van der Waals surface area contributed by atoms with Crippen molar-refractivity contribution < 1.29 is 23.4 Å². The molecule has 5 rings (SSSR count). The highest BCUT2D eigenvalue weighted by Gasteiger charge is 2.31. The molecule has 0 radical (unpaired) electrons. The van der Waals surface area contributed by atoms with Crippen molar-refractivity contribution in [2.45, 2.75) is 43.9 Å². The van der Waals surface area contributed by atoms with Gasteiger partial charge in [0.05, 0.1) is 31.6 Å². The van der Waals surface area contributed by atoms with Crippen molar-refractivity contribution in [3.05, 3.63) is 35.0 Å². The van der Waals surface area contributed by atoms with Crippen molar-refractivity contribution in [2.24, 2.45) is 11.7 Å². The van der Waals surface area contributed by atoms with E-state index in [2.05, 4.69) is 25.6 Å². The Morgan fingerprint density at radius 2 is 1.89 bits per heavy atom. The maximum absolute atomic E-state index is 14.5. The number of carbonyl (C=O) groups is 1. The molecule has 2 aromatic heterocycles. The number of carbonyl (C=O) groups excluding carboxylic acids is 1. The van der Waals surface area contributed by atoms with Gasteiger partial charge in [0.15, 0.2) is 17.3 Å². The van der Waals surface area contributed by atoms with Crippen LogP contribution in [0.4, 0.5) is 26.4 Å². The molecule has 5 N–H and O–H groups in total. The minimum atomic E-state index is -0.866. The SMILES string of the molecule is NC(=O)C1CCC(n2c(Nc3c(F)cc(Cl)cc3F)nc3cnc(N[C@H]4COC[C@H]4O)nc32)CC1. The maximum Gasteiger partial charge on any atom is 0.225 e. The van der Waals surface area contributed by atoms with E-state index in [-0.39, 0.29) is 47.4 Å². The van der Waals surface area contributed by atoms with Gasteiger partial charge < -0.3 is 26.2 Å². The van der Waals surface area contributed by atoms with Crippen LogP contribution in [0.1, 0.15) is 31.7 Å². The molecular weight excluding hydrogens is 484 g/mol. The van der Waals surface area contributed by atoms with Crippen LogP contribution in [0.15, 0.2) is 18.3 Å². The zero-order valence-electron chi connectivity index (χ0n) is 18.5.